The number of hydrogen-bond acceptors (Lipinski definition) is 4. The summed E-state index contributed by atoms with van der Waals surface area (Å²) < 4.78 is 23.7. The lowest BCUT2D eigenvalue weighted by Crippen LogP contribution is -2.48. The van der Waals surface area contributed by atoms with Gasteiger partial charge in [-0.2, -0.15) is 0 Å². The van der Waals surface area contributed by atoms with Gasteiger partial charge in [0.05, 0.1) is 5.60 Å². The van der Waals surface area contributed by atoms with Gasteiger partial charge in [-0.15, -0.1) is 0 Å². The third kappa shape index (κ3) is 3.35. The molecule has 0 radical (unpaired) electrons. The molecule has 0 aromatic carbocycles. The maximum Gasteiger partial charge on any atom is 0.319 e. The van der Waals surface area contributed by atoms with Crippen LogP contribution in [0.3, 0.4) is 0 Å². The molecule has 0 aromatic rings. The second-order valence-electron chi connectivity index (χ2n) is 5.32. The molecule has 2 saturated heterocycles. The van der Waals surface area contributed by atoms with Gasteiger partial charge in [-0.25, -0.2) is 0 Å². The van der Waals surface area contributed by atoms with Gasteiger partial charge in [-0.05, 0) is 32.1 Å². The second-order valence-corrected chi connectivity index (χ2v) is 7.22. The molecule has 0 amide bonds. The molecule has 1 N–H and O–H groups in total. The van der Waals surface area contributed by atoms with E-state index in [1.54, 1.807) is 6.92 Å². The lowest BCUT2D eigenvalue weighted by molar-refractivity contribution is -0.137. The van der Waals surface area contributed by atoms with Crippen LogP contribution in [0.5, 0.6) is 0 Å². The first-order valence-corrected chi connectivity index (χ1v) is 8.19. The van der Waals surface area contributed by atoms with E-state index in [1.807, 2.05) is 0 Å². The van der Waals surface area contributed by atoms with Crippen molar-refractivity contribution in [1.82, 2.24) is 0 Å². The fourth-order valence-electron chi connectivity index (χ4n) is 2.94. The lowest BCUT2D eigenvalue weighted by atomic mass is 9.86. The van der Waals surface area contributed by atoms with Gasteiger partial charge in [0, 0.05) is 35.9 Å². The molecule has 5 nitrogen and oxygen atoms in total. The summed E-state index contributed by atoms with van der Waals surface area (Å²) in [5.74, 6) is -0.951. The van der Waals surface area contributed by atoms with Gasteiger partial charge < -0.3 is 14.6 Å². The molecule has 19 heavy (non-hydrogen) atoms. The summed E-state index contributed by atoms with van der Waals surface area (Å²) in [5, 5.41) is 8.32. The number of ether oxygens (including phenoxy) is 2. The molecule has 0 aliphatic carbocycles. The van der Waals surface area contributed by atoms with E-state index < -0.39 is 22.0 Å². The zero-order chi connectivity index (χ0) is 13.9. The maximum atomic E-state index is 12.4. The van der Waals surface area contributed by atoms with E-state index in [0.29, 0.717) is 39.1 Å². The molecule has 3 unspecified atom stereocenters. The van der Waals surface area contributed by atoms with Gasteiger partial charge in [0.2, 0.25) is 0 Å². The van der Waals surface area contributed by atoms with Gasteiger partial charge in [0.1, 0.15) is 5.25 Å². The Morgan fingerprint density at radius 2 is 2.11 bits per heavy atom. The second kappa shape index (κ2) is 6.33. The smallest absolute Gasteiger partial charge is 0.319 e. The molecular formula is C13H22O5S. The van der Waals surface area contributed by atoms with E-state index in [2.05, 4.69) is 0 Å². The zero-order valence-electron chi connectivity index (χ0n) is 11.3. The molecule has 0 saturated carbocycles. The van der Waals surface area contributed by atoms with Gasteiger partial charge in [0.15, 0.2) is 0 Å². The van der Waals surface area contributed by atoms with E-state index in [9.17, 15) is 9.00 Å². The average Bonchev–Trinajstić information content (AvgIpc) is 2.40. The van der Waals surface area contributed by atoms with Crippen LogP contribution < -0.4 is 0 Å². The molecule has 2 fully saturated rings. The molecular weight excluding hydrogens is 268 g/mol. The van der Waals surface area contributed by atoms with E-state index in [0.717, 1.165) is 12.8 Å². The van der Waals surface area contributed by atoms with E-state index >= 15 is 0 Å². The Morgan fingerprint density at radius 1 is 1.42 bits per heavy atom. The van der Waals surface area contributed by atoms with E-state index in [-0.39, 0.29) is 10.9 Å². The number of rotatable bonds is 4. The third-order valence-electron chi connectivity index (χ3n) is 4.11. The Hall–Kier alpha value is -0.460. The number of hydrogen-bond donors (Lipinski definition) is 1. The van der Waals surface area contributed by atoms with Crippen LogP contribution in [0, 0.1) is 0 Å². The Bertz CT molecular complexity index is 345. The summed E-state index contributed by atoms with van der Waals surface area (Å²) in [4.78, 5) is 11.1. The minimum Gasteiger partial charge on any atom is -0.480 e. The minimum absolute atomic E-state index is 0.0621. The first kappa shape index (κ1) is 14.9. The van der Waals surface area contributed by atoms with Crippen molar-refractivity contribution in [3.05, 3.63) is 0 Å². The predicted molar refractivity (Wildman–Crippen MR) is 71.6 cm³/mol. The molecule has 6 heteroatoms. The van der Waals surface area contributed by atoms with E-state index in [4.69, 9.17) is 14.6 Å². The Morgan fingerprint density at radius 3 is 2.68 bits per heavy atom. The molecule has 2 aliphatic heterocycles. The van der Waals surface area contributed by atoms with Crippen molar-refractivity contribution in [2.45, 2.75) is 55.1 Å². The van der Waals surface area contributed by atoms with Gasteiger partial charge in [0.25, 0.3) is 0 Å². The Balaban J connectivity index is 2.04. The SMILES string of the molecule is CCC(C(=O)O)S(=O)C1CCOC2(CCOCC2)C1. The maximum absolute atomic E-state index is 12.4. The van der Waals surface area contributed by atoms with Gasteiger partial charge in [-0.3, -0.25) is 9.00 Å². The highest BCUT2D eigenvalue weighted by atomic mass is 32.2. The fourth-order valence-corrected chi connectivity index (χ4v) is 4.73. The number of carbonyl (C=O) groups is 1. The van der Waals surface area contributed by atoms with Gasteiger partial charge in [-0.1, -0.05) is 6.92 Å². The van der Waals surface area contributed by atoms with Crippen molar-refractivity contribution in [3.8, 4) is 0 Å². The molecule has 110 valence electrons. The van der Waals surface area contributed by atoms with Gasteiger partial charge >= 0.3 is 5.97 Å². The molecule has 0 aromatic heterocycles. The molecule has 2 heterocycles. The summed E-state index contributed by atoms with van der Waals surface area (Å²) in [5.41, 5.74) is -0.229. The van der Waals surface area contributed by atoms with Crippen LogP contribution in [0.25, 0.3) is 0 Å². The predicted octanol–water partition coefficient (Wildman–Crippen LogP) is 1.33. The van der Waals surface area contributed by atoms with Crippen molar-refractivity contribution in [3.63, 3.8) is 0 Å². The van der Waals surface area contributed by atoms with Crippen molar-refractivity contribution in [2.24, 2.45) is 0 Å². The lowest BCUT2D eigenvalue weighted by Gasteiger charge is -2.43. The highest BCUT2D eigenvalue weighted by Crippen LogP contribution is 2.36. The topological polar surface area (TPSA) is 72.8 Å². The summed E-state index contributed by atoms with van der Waals surface area (Å²) in [6.45, 7) is 3.71. The standard InChI is InChI=1S/C13H22O5S/c1-2-11(12(14)15)19(16)10-3-6-18-13(9-10)4-7-17-8-5-13/h10-11H,2-9H2,1H3,(H,14,15). The normalized spacial score (nSPS) is 29.8. The molecule has 3 atom stereocenters. The molecule has 0 bridgehead atoms. The number of carboxylic acid groups (broad SMARTS) is 1. The quantitative estimate of drug-likeness (QED) is 0.845. The van der Waals surface area contributed by atoms with Crippen LogP contribution >= 0.6 is 0 Å². The van der Waals surface area contributed by atoms with Crippen molar-refractivity contribution in [1.29, 1.82) is 0 Å². The van der Waals surface area contributed by atoms with Crippen LogP contribution in [0.1, 0.15) is 39.0 Å². The summed E-state index contributed by atoms with van der Waals surface area (Å²) in [6, 6.07) is 0. The minimum atomic E-state index is -1.32. The van der Waals surface area contributed by atoms with Crippen LogP contribution in [0.2, 0.25) is 0 Å². The van der Waals surface area contributed by atoms with Crippen LogP contribution in [-0.2, 0) is 25.1 Å². The molecule has 2 rings (SSSR count). The third-order valence-corrected chi connectivity index (χ3v) is 6.26. The molecule has 1 spiro atoms. The fraction of sp³-hybridized carbons (Fsp3) is 0.923. The van der Waals surface area contributed by atoms with Crippen molar-refractivity contribution < 1.29 is 23.6 Å². The summed E-state index contributed by atoms with van der Waals surface area (Å²) in [7, 11) is -1.32. The van der Waals surface area contributed by atoms with Crippen LogP contribution in [0.15, 0.2) is 0 Å². The largest absolute Gasteiger partial charge is 0.480 e. The number of carboxylic acids is 1. The Kier molecular flexibility index (Phi) is 4.97. The monoisotopic (exact) mass is 290 g/mol. The van der Waals surface area contributed by atoms with Crippen molar-refractivity contribution >= 4 is 16.8 Å². The first-order chi connectivity index (χ1) is 9.08. The average molecular weight is 290 g/mol. The van der Waals surface area contributed by atoms with Crippen molar-refractivity contribution in [2.75, 3.05) is 19.8 Å². The van der Waals surface area contributed by atoms with Crippen LogP contribution in [-0.4, -0.2) is 51.2 Å². The zero-order valence-corrected chi connectivity index (χ0v) is 12.1. The highest BCUT2D eigenvalue weighted by molar-refractivity contribution is 7.87. The van der Waals surface area contributed by atoms with Crippen LogP contribution in [0.4, 0.5) is 0 Å². The Labute approximate surface area is 116 Å². The summed E-state index contributed by atoms with van der Waals surface area (Å²) >= 11 is 0. The summed E-state index contributed by atoms with van der Waals surface area (Å²) in [6.07, 6.45) is 3.45. The molecule has 2 aliphatic rings. The first-order valence-electron chi connectivity index (χ1n) is 6.92. The number of aliphatic carboxylic acids is 1. The van der Waals surface area contributed by atoms with E-state index in [1.165, 1.54) is 0 Å². The highest BCUT2D eigenvalue weighted by Gasteiger charge is 2.42.